The molecule has 2 aromatic carbocycles. The maximum absolute atomic E-state index is 13.0. The highest BCUT2D eigenvalue weighted by molar-refractivity contribution is 6.01. The number of rotatable bonds is 3. The Balaban J connectivity index is 1.94. The third-order valence-electron chi connectivity index (χ3n) is 4.89. The van der Waals surface area contributed by atoms with Gasteiger partial charge in [-0.3, -0.25) is 4.79 Å². The quantitative estimate of drug-likeness (QED) is 0.868. The molecule has 3 rings (SSSR count). The van der Waals surface area contributed by atoms with Crippen molar-refractivity contribution < 1.29 is 4.79 Å². The van der Waals surface area contributed by atoms with E-state index < -0.39 is 5.54 Å². The highest BCUT2D eigenvalue weighted by Crippen LogP contribution is 2.35. The van der Waals surface area contributed by atoms with Crippen molar-refractivity contribution in [3.05, 3.63) is 64.7 Å². The molecular weight excluding hydrogens is 296 g/mol. The van der Waals surface area contributed by atoms with Gasteiger partial charge < -0.3 is 10.6 Å². The summed E-state index contributed by atoms with van der Waals surface area (Å²) in [5.74, 6) is 0.459. The van der Waals surface area contributed by atoms with Crippen molar-refractivity contribution in [2.45, 2.75) is 45.6 Å². The van der Waals surface area contributed by atoms with Crippen LogP contribution < -0.4 is 10.6 Å². The lowest BCUT2D eigenvalue weighted by atomic mass is 9.88. The average Bonchev–Trinajstić information content (AvgIpc) is 2.55. The van der Waals surface area contributed by atoms with Gasteiger partial charge in [0.15, 0.2) is 0 Å². The van der Waals surface area contributed by atoms with Gasteiger partial charge in [0, 0.05) is 6.54 Å². The topological polar surface area (TPSA) is 41.1 Å². The van der Waals surface area contributed by atoms with Gasteiger partial charge in [0.1, 0.15) is 0 Å². The number of amides is 1. The van der Waals surface area contributed by atoms with Crippen LogP contribution in [0.3, 0.4) is 0 Å². The molecule has 0 bridgehead atoms. The van der Waals surface area contributed by atoms with Crippen molar-refractivity contribution in [1.29, 1.82) is 0 Å². The van der Waals surface area contributed by atoms with Gasteiger partial charge in [-0.2, -0.15) is 0 Å². The van der Waals surface area contributed by atoms with Crippen LogP contribution in [0.15, 0.2) is 42.5 Å². The minimum atomic E-state index is -0.421. The van der Waals surface area contributed by atoms with Crippen LogP contribution in [0.1, 0.15) is 60.2 Å². The molecule has 1 unspecified atom stereocenters. The van der Waals surface area contributed by atoms with E-state index in [4.69, 9.17) is 0 Å². The highest BCUT2D eigenvalue weighted by Gasteiger charge is 2.27. The van der Waals surface area contributed by atoms with Crippen molar-refractivity contribution >= 4 is 11.6 Å². The van der Waals surface area contributed by atoms with Crippen LogP contribution in [0.4, 0.5) is 5.69 Å². The normalized spacial score (nSPS) is 16.9. The number of nitrogens with one attached hydrogen (secondary N) is 2. The molecule has 0 fully saturated rings. The molecule has 0 saturated carbocycles. The average molecular weight is 322 g/mol. The second-order valence-electron chi connectivity index (χ2n) is 7.34. The van der Waals surface area contributed by atoms with Crippen LogP contribution in [0.5, 0.6) is 0 Å². The first-order chi connectivity index (χ1) is 11.4. The lowest BCUT2D eigenvalue weighted by Crippen LogP contribution is -2.41. The summed E-state index contributed by atoms with van der Waals surface area (Å²) in [5.41, 5.74) is 4.81. The predicted molar refractivity (Wildman–Crippen MR) is 99.6 cm³/mol. The zero-order valence-corrected chi connectivity index (χ0v) is 14.9. The van der Waals surface area contributed by atoms with E-state index in [0.717, 1.165) is 35.3 Å². The van der Waals surface area contributed by atoms with E-state index in [0.29, 0.717) is 5.92 Å². The summed E-state index contributed by atoms with van der Waals surface area (Å²) in [6, 6.07) is 14.3. The van der Waals surface area contributed by atoms with Gasteiger partial charge in [-0.1, -0.05) is 43.3 Å². The lowest BCUT2D eigenvalue weighted by molar-refractivity contribution is 0.0912. The zero-order valence-electron chi connectivity index (χ0n) is 14.9. The molecule has 0 aliphatic carbocycles. The van der Waals surface area contributed by atoms with Crippen molar-refractivity contribution in [3.8, 4) is 0 Å². The maximum atomic E-state index is 13.0. The fraction of sp³-hybridized carbons (Fsp3) is 0.381. The second kappa shape index (κ2) is 6.31. The minimum Gasteiger partial charge on any atom is -0.384 e. The van der Waals surface area contributed by atoms with Gasteiger partial charge in [-0.05, 0) is 55.9 Å². The summed E-state index contributed by atoms with van der Waals surface area (Å²) in [6.07, 6.45) is 1.10. The Morgan fingerprint density at radius 3 is 2.62 bits per heavy atom. The molecule has 3 heteroatoms. The van der Waals surface area contributed by atoms with Gasteiger partial charge in [0.05, 0.1) is 16.8 Å². The third-order valence-corrected chi connectivity index (χ3v) is 4.89. The Morgan fingerprint density at radius 1 is 1.21 bits per heavy atom. The highest BCUT2D eigenvalue weighted by atomic mass is 16.1. The van der Waals surface area contributed by atoms with Crippen LogP contribution >= 0.6 is 0 Å². The van der Waals surface area contributed by atoms with Crippen LogP contribution in [0.2, 0.25) is 0 Å². The van der Waals surface area contributed by atoms with Gasteiger partial charge >= 0.3 is 0 Å². The van der Waals surface area contributed by atoms with E-state index >= 15 is 0 Å². The zero-order chi connectivity index (χ0) is 17.3. The summed E-state index contributed by atoms with van der Waals surface area (Å²) in [4.78, 5) is 13.0. The molecule has 0 spiro atoms. The first-order valence-electron chi connectivity index (χ1n) is 8.65. The first kappa shape index (κ1) is 16.6. The van der Waals surface area contributed by atoms with E-state index in [1.165, 1.54) is 5.56 Å². The molecule has 1 aliphatic rings. The van der Waals surface area contributed by atoms with Crippen LogP contribution in [-0.2, 0) is 5.54 Å². The molecular formula is C21H26N2O. The Hall–Kier alpha value is -2.29. The summed E-state index contributed by atoms with van der Waals surface area (Å²) in [5, 5.41) is 6.64. The summed E-state index contributed by atoms with van der Waals surface area (Å²) in [6.45, 7) is 9.28. The molecule has 0 aromatic heterocycles. The molecule has 2 aromatic rings. The summed E-state index contributed by atoms with van der Waals surface area (Å²) >= 11 is 0. The van der Waals surface area contributed by atoms with Crippen LogP contribution in [0.25, 0.3) is 0 Å². The monoisotopic (exact) mass is 322 g/mol. The number of fused-ring (bicyclic) bond motifs is 1. The van der Waals surface area contributed by atoms with Crippen LogP contribution in [-0.4, -0.2) is 12.5 Å². The number of hydrogen-bond acceptors (Lipinski definition) is 2. The molecule has 24 heavy (non-hydrogen) atoms. The molecule has 1 aliphatic heterocycles. The van der Waals surface area contributed by atoms with E-state index in [-0.39, 0.29) is 5.91 Å². The number of benzene rings is 2. The fourth-order valence-electron chi connectivity index (χ4n) is 3.43. The number of carbonyl (C=O) groups excluding carboxylic acids is 1. The van der Waals surface area contributed by atoms with Gasteiger partial charge in [0.25, 0.3) is 5.91 Å². The van der Waals surface area contributed by atoms with Crippen molar-refractivity contribution in [1.82, 2.24) is 5.32 Å². The SMILES string of the molecule is Cc1cc(C(=O)NC(C)(C)c2ccccc2)c2c(c1)C(C)CCN2. The fourth-order valence-corrected chi connectivity index (χ4v) is 3.43. The van der Waals surface area contributed by atoms with E-state index in [9.17, 15) is 4.79 Å². The van der Waals surface area contributed by atoms with E-state index in [1.807, 2.05) is 50.2 Å². The maximum Gasteiger partial charge on any atom is 0.254 e. The van der Waals surface area contributed by atoms with Crippen molar-refractivity contribution in [3.63, 3.8) is 0 Å². The molecule has 0 saturated heterocycles. The number of aryl methyl sites for hydroxylation is 1. The first-order valence-corrected chi connectivity index (χ1v) is 8.65. The number of carbonyl (C=O) groups is 1. The Bertz CT molecular complexity index is 750. The largest absolute Gasteiger partial charge is 0.384 e. The summed E-state index contributed by atoms with van der Waals surface area (Å²) in [7, 11) is 0. The predicted octanol–water partition coefficient (Wildman–Crippen LogP) is 4.58. The van der Waals surface area contributed by atoms with E-state index in [1.54, 1.807) is 0 Å². The summed E-state index contributed by atoms with van der Waals surface area (Å²) < 4.78 is 0. The van der Waals surface area contributed by atoms with Gasteiger partial charge in [-0.15, -0.1) is 0 Å². The van der Waals surface area contributed by atoms with Crippen molar-refractivity contribution in [2.75, 3.05) is 11.9 Å². The standard InChI is InChI=1S/C21H26N2O/c1-14-12-17-15(2)10-11-22-19(17)18(13-14)20(24)23-21(3,4)16-8-6-5-7-9-16/h5-9,12-13,15,22H,10-11H2,1-4H3,(H,23,24). The smallest absolute Gasteiger partial charge is 0.254 e. The van der Waals surface area contributed by atoms with Crippen LogP contribution in [0, 0.1) is 6.92 Å². The number of anilines is 1. The Kier molecular flexibility index (Phi) is 4.35. The molecule has 1 heterocycles. The van der Waals surface area contributed by atoms with Gasteiger partial charge in [0.2, 0.25) is 0 Å². The minimum absolute atomic E-state index is 0.0228. The van der Waals surface area contributed by atoms with Crippen molar-refractivity contribution in [2.24, 2.45) is 0 Å². The second-order valence-corrected chi connectivity index (χ2v) is 7.34. The lowest BCUT2D eigenvalue weighted by Gasteiger charge is -2.30. The third kappa shape index (κ3) is 3.16. The molecule has 126 valence electrons. The molecule has 1 atom stereocenters. The Morgan fingerprint density at radius 2 is 1.92 bits per heavy atom. The van der Waals surface area contributed by atoms with Gasteiger partial charge in [-0.25, -0.2) is 0 Å². The number of hydrogen-bond donors (Lipinski definition) is 2. The van der Waals surface area contributed by atoms with E-state index in [2.05, 4.69) is 30.5 Å². The molecule has 0 radical (unpaired) electrons. The molecule has 2 N–H and O–H groups in total. The Labute approximate surface area is 144 Å². The molecule has 3 nitrogen and oxygen atoms in total. The molecule has 1 amide bonds.